The van der Waals surface area contributed by atoms with Gasteiger partial charge in [0.25, 0.3) is 0 Å². The smallest absolute Gasteiger partial charge is 0.244 e. The van der Waals surface area contributed by atoms with E-state index < -0.39 is 0 Å². The van der Waals surface area contributed by atoms with Gasteiger partial charge in [-0.15, -0.1) is 0 Å². The molecular weight excluding hydrogens is 333 g/mol. The fourth-order valence-electron chi connectivity index (χ4n) is 1.86. The summed E-state index contributed by atoms with van der Waals surface area (Å²) in [6.07, 6.45) is 3.01. The Morgan fingerprint density at radius 2 is 2.00 bits per heavy atom. The number of halogens is 2. The first kappa shape index (κ1) is 17.6. The second-order valence-corrected chi connectivity index (χ2v) is 6.40. The van der Waals surface area contributed by atoms with E-state index in [1.807, 2.05) is 24.3 Å². The third kappa shape index (κ3) is 6.89. The fraction of sp³-hybridized carbons (Fsp3) is 0.167. The van der Waals surface area contributed by atoms with Crippen LogP contribution in [0.15, 0.2) is 54.6 Å². The largest absolute Gasteiger partial charge is 0.352 e. The lowest BCUT2D eigenvalue weighted by molar-refractivity contribution is -0.116. The standard InChI is InChI=1S/C18H17ClFNOS/c19-16-7-4-15(5-8-16)13-23-11-10-21-18(22)9-6-14-2-1-3-17(20)12-14/h1-9,12H,10-11,13H2,(H,21,22)/b9-6+. The maximum absolute atomic E-state index is 13.0. The van der Waals surface area contributed by atoms with Crippen LogP contribution in [0.1, 0.15) is 11.1 Å². The van der Waals surface area contributed by atoms with Crippen molar-refractivity contribution in [3.05, 3.63) is 76.6 Å². The summed E-state index contributed by atoms with van der Waals surface area (Å²) in [6.45, 7) is 0.588. The summed E-state index contributed by atoms with van der Waals surface area (Å²) in [5.74, 6) is 1.21. The van der Waals surface area contributed by atoms with Gasteiger partial charge in [-0.1, -0.05) is 35.9 Å². The number of carbonyl (C=O) groups excluding carboxylic acids is 1. The molecule has 5 heteroatoms. The van der Waals surface area contributed by atoms with E-state index >= 15 is 0 Å². The maximum atomic E-state index is 13.0. The number of hydrogen-bond donors (Lipinski definition) is 1. The minimum atomic E-state index is -0.314. The summed E-state index contributed by atoms with van der Waals surface area (Å²) >= 11 is 7.57. The highest BCUT2D eigenvalue weighted by molar-refractivity contribution is 7.98. The third-order valence-corrected chi connectivity index (χ3v) is 4.29. The molecule has 0 aliphatic heterocycles. The quantitative estimate of drug-likeness (QED) is 0.587. The highest BCUT2D eigenvalue weighted by Crippen LogP contribution is 2.15. The lowest BCUT2D eigenvalue weighted by atomic mass is 10.2. The van der Waals surface area contributed by atoms with E-state index in [2.05, 4.69) is 5.32 Å². The van der Waals surface area contributed by atoms with Crippen LogP contribution in [0.2, 0.25) is 5.02 Å². The van der Waals surface area contributed by atoms with Crippen molar-refractivity contribution in [2.24, 2.45) is 0 Å². The predicted octanol–water partition coefficient (Wildman–Crippen LogP) is 4.54. The molecular formula is C18H17ClFNOS. The van der Waals surface area contributed by atoms with E-state index in [-0.39, 0.29) is 11.7 Å². The summed E-state index contributed by atoms with van der Waals surface area (Å²) in [5, 5.41) is 3.53. The Labute approximate surface area is 144 Å². The van der Waals surface area contributed by atoms with Crippen molar-refractivity contribution in [3.8, 4) is 0 Å². The number of benzene rings is 2. The number of nitrogens with one attached hydrogen (secondary N) is 1. The summed E-state index contributed by atoms with van der Waals surface area (Å²) in [6, 6.07) is 13.8. The highest BCUT2D eigenvalue weighted by atomic mass is 35.5. The SMILES string of the molecule is O=C(/C=C/c1cccc(F)c1)NCCSCc1ccc(Cl)cc1. The second-order valence-electron chi connectivity index (χ2n) is 4.86. The van der Waals surface area contributed by atoms with Crippen LogP contribution in [-0.4, -0.2) is 18.2 Å². The molecule has 0 aliphatic carbocycles. The van der Waals surface area contributed by atoms with Gasteiger partial charge in [-0.3, -0.25) is 4.79 Å². The molecule has 0 spiro atoms. The van der Waals surface area contributed by atoms with Gasteiger partial charge < -0.3 is 5.32 Å². The molecule has 0 radical (unpaired) electrons. The predicted molar refractivity (Wildman–Crippen MR) is 96.1 cm³/mol. The molecule has 0 saturated carbocycles. The Hall–Kier alpha value is -1.78. The molecule has 1 amide bonds. The zero-order valence-electron chi connectivity index (χ0n) is 12.5. The number of amides is 1. The summed E-state index contributed by atoms with van der Waals surface area (Å²) < 4.78 is 13.0. The van der Waals surface area contributed by atoms with Crippen molar-refractivity contribution in [1.82, 2.24) is 5.32 Å². The normalized spacial score (nSPS) is 10.9. The molecule has 0 bridgehead atoms. The minimum absolute atomic E-state index is 0.179. The maximum Gasteiger partial charge on any atom is 0.244 e. The highest BCUT2D eigenvalue weighted by Gasteiger charge is 1.97. The Morgan fingerprint density at radius 3 is 2.74 bits per heavy atom. The molecule has 0 heterocycles. The van der Waals surface area contributed by atoms with Gasteiger partial charge in [-0.05, 0) is 41.5 Å². The number of thioether (sulfide) groups is 1. The molecule has 23 heavy (non-hydrogen) atoms. The van der Waals surface area contributed by atoms with Gasteiger partial charge in [-0.25, -0.2) is 4.39 Å². The van der Waals surface area contributed by atoms with Crippen molar-refractivity contribution in [3.63, 3.8) is 0 Å². The first-order valence-corrected chi connectivity index (χ1v) is 8.70. The van der Waals surface area contributed by atoms with E-state index in [0.717, 1.165) is 16.5 Å². The molecule has 2 nitrogen and oxygen atoms in total. The Balaban J connectivity index is 1.64. The molecule has 2 aromatic rings. The number of rotatable bonds is 7. The van der Waals surface area contributed by atoms with Crippen molar-refractivity contribution < 1.29 is 9.18 Å². The molecule has 0 aromatic heterocycles. The topological polar surface area (TPSA) is 29.1 Å². The summed E-state index contributed by atoms with van der Waals surface area (Å²) in [5.41, 5.74) is 1.87. The van der Waals surface area contributed by atoms with E-state index in [1.54, 1.807) is 30.0 Å². The van der Waals surface area contributed by atoms with Gasteiger partial charge >= 0.3 is 0 Å². The molecule has 0 atom stereocenters. The van der Waals surface area contributed by atoms with Crippen LogP contribution < -0.4 is 5.32 Å². The van der Waals surface area contributed by atoms with Gasteiger partial charge in [0.05, 0.1) is 0 Å². The first-order chi connectivity index (χ1) is 11.1. The second kappa shape index (κ2) is 9.38. The van der Waals surface area contributed by atoms with Crippen molar-refractivity contribution in [2.75, 3.05) is 12.3 Å². The van der Waals surface area contributed by atoms with Gasteiger partial charge in [0.1, 0.15) is 5.82 Å². The third-order valence-electron chi connectivity index (χ3n) is 3.00. The van der Waals surface area contributed by atoms with Crippen LogP contribution in [0, 0.1) is 5.82 Å². The average molecular weight is 350 g/mol. The van der Waals surface area contributed by atoms with Crippen molar-refractivity contribution in [1.29, 1.82) is 0 Å². The van der Waals surface area contributed by atoms with E-state index in [9.17, 15) is 9.18 Å². The fourth-order valence-corrected chi connectivity index (χ4v) is 2.80. The van der Waals surface area contributed by atoms with Crippen LogP contribution in [0.4, 0.5) is 4.39 Å². The van der Waals surface area contributed by atoms with Crippen LogP contribution >= 0.6 is 23.4 Å². The van der Waals surface area contributed by atoms with E-state index in [1.165, 1.54) is 23.8 Å². The number of carbonyl (C=O) groups is 1. The number of hydrogen-bond acceptors (Lipinski definition) is 2. The van der Waals surface area contributed by atoms with Gasteiger partial charge in [-0.2, -0.15) is 11.8 Å². The monoisotopic (exact) mass is 349 g/mol. The van der Waals surface area contributed by atoms with Crippen molar-refractivity contribution in [2.45, 2.75) is 5.75 Å². The van der Waals surface area contributed by atoms with Gasteiger partial charge in [0, 0.05) is 29.1 Å². The molecule has 0 saturated heterocycles. The zero-order chi connectivity index (χ0) is 16.5. The lowest BCUT2D eigenvalue weighted by Gasteiger charge is -2.03. The van der Waals surface area contributed by atoms with Crippen LogP contribution in [0.25, 0.3) is 6.08 Å². The molecule has 2 rings (SSSR count). The minimum Gasteiger partial charge on any atom is -0.352 e. The van der Waals surface area contributed by atoms with Gasteiger partial charge in [0.15, 0.2) is 0 Å². The van der Waals surface area contributed by atoms with Crippen LogP contribution in [-0.2, 0) is 10.5 Å². The summed E-state index contributed by atoms with van der Waals surface area (Å²) in [7, 11) is 0. The molecule has 120 valence electrons. The Morgan fingerprint density at radius 1 is 1.22 bits per heavy atom. The van der Waals surface area contributed by atoms with E-state index in [0.29, 0.717) is 12.1 Å². The Bertz CT molecular complexity index is 673. The molecule has 1 N–H and O–H groups in total. The first-order valence-electron chi connectivity index (χ1n) is 7.17. The van der Waals surface area contributed by atoms with Crippen LogP contribution in [0.3, 0.4) is 0 Å². The average Bonchev–Trinajstić information content (AvgIpc) is 2.54. The zero-order valence-corrected chi connectivity index (χ0v) is 14.0. The van der Waals surface area contributed by atoms with Crippen LogP contribution in [0.5, 0.6) is 0 Å². The van der Waals surface area contributed by atoms with E-state index in [4.69, 9.17) is 11.6 Å². The van der Waals surface area contributed by atoms with Crippen molar-refractivity contribution >= 4 is 35.3 Å². The molecule has 2 aromatic carbocycles. The summed E-state index contributed by atoms with van der Waals surface area (Å²) in [4.78, 5) is 11.7. The molecule has 0 fully saturated rings. The van der Waals surface area contributed by atoms with Gasteiger partial charge in [0.2, 0.25) is 5.91 Å². The Kier molecular flexibility index (Phi) is 7.17. The molecule has 0 aliphatic rings. The lowest BCUT2D eigenvalue weighted by Crippen LogP contribution is -2.23. The molecule has 0 unspecified atom stereocenters.